The summed E-state index contributed by atoms with van der Waals surface area (Å²) in [6.07, 6.45) is 13.6. The largest absolute Gasteiger partial charge is 0.328 e. The summed E-state index contributed by atoms with van der Waals surface area (Å²) in [4.78, 5) is 19.4. The fourth-order valence-electron chi connectivity index (χ4n) is 3.49. The Kier molecular flexibility index (Phi) is 8.42. The number of pyridine rings is 1. The first kappa shape index (κ1) is 21.2. The first-order chi connectivity index (χ1) is 12.5. The van der Waals surface area contributed by atoms with Crippen LogP contribution in [0, 0.1) is 0 Å². The van der Waals surface area contributed by atoms with Gasteiger partial charge in [0.15, 0.2) is 0 Å². The lowest BCUT2D eigenvalue weighted by molar-refractivity contribution is -0.135. The number of carbonyl (C=O) groups excluding carboxylic acids is 1. The molecule has 5 heteroatoms. The van der Waals surface area contributed by atoms with Gasteiger partial charge in [-0.3, -0.25) is 9.78 Å². The molecule has 2 rings (SSSR count). The third kappa shape index (κ3) is 5.46. The van der Waals surface area contributed by atoms with Crippen molar-refractivity contribution in [2.24, 2.45) is 5.73 Å². The van der Waals surface area contributed by atoms with Crippen molar-refractivity contribution in [3.63, 3.8) is 0 Å². The van der Waals surface area contributed by atoms with Gasteiger partial charge in [0.2, 0.25) is 5.91 Å². The molecule has 0 spiro atoms. The molecule has 1 fully saturated rings. The highest BCUT2D eigenvalue weighted by Crippen LogP contribution is 2.47. The molecule has 2 heterocycles. The van der Waals surface area contributed by atoms with Crippen LogP contribution in [0.1, 0.15) is 83.1 Å². The molecule has 0 bridgehead atoms. The highest BCUT2D eigenvalue weighted by atomic mass is 32.2. The second kappa shape index (κ2) is 10.3. The van der Waals surface area contributed by atoms with Gasteiger partial charge in [0, 0.05) is 24.5 Å². The molecule has 2 atom stereocenters. The second-order valence-electron chi connectivity index (χ2n) is 7.90. The van der Waals surface area contributed by atoms with Crippen LogP contribution in [-0.2, 0) is 4.79 Å². The summed E-state index contributed by atoms with van der Waals surface area (Å²) >= 11 is 1.77. The van der Waals surface area contributed by atoms with E-state index in [2.05, 4.69) is 31.8 Å². The van der Waals surface area contributed by atoms with E-state index < -0.39 is 0 Å². The number of hydrogen-bond acceptors (Lipinski definition) is 4. The summed E-state index contributed by atoms with van der Waals surface area (Å²) in [6, 6.07) is 4.01. The molecule has 26 heavy (non-hydrogen) atoms. The summed E-state index contributed by atoms with van der Waals surface area (Å²) in [5.41, 5.74) is 6.74. The van der Waals surface area contributed by atoms with Crippen molar-refractivity contribution in [1.29, 1.82) is 0 Å². The Morgan fingerprint density at radius 2 is 1.88 bits per heavy atom. The van der Waals surface area contributed by atoms with E-state index in [-0.39, 0.29) is 22.1 Å². The number of rotatable bonds is 11. The van der Waals surface area contributed by atoms with Crippen LogP contribution in [-0.4, -0.2) is 33.1 Å². The molecule has 0 aliphatic carbocycles. The molecule has 2 N–H and O–H groups in total. The number of nitrogens with two attached hydrogens (primary N) is 1. The molecule has 0 radical (unpaired) electrons. The Morgan fingerprint density at radius 1 is 1.19 bits per heavy atom. The highest BCUT2D eigenvalue weighted by molar-refractivity contribution is 8.01. The minimum absolute atomic E-state index is 0.0179. The van der Waals surface area contributed by atoms with Gasteiger partial charge in [0.25, 0.3) is 0 Å². The normalized spacial score (nSPS) is 20.8. The van der Waals surface area contributed by atoms with Gasteiger partial charge in [-0.25, -0.2) is 0 Å². The zero-order valence-corrected chi connectivity index (χ0v) is 17.4. The van der Waals surface area contributed by atoms with Gasteiger partial charge in [0.05, 0.1) is 10.8 Å². The number of aromatic nitrogens is 1. The Balaban J connectivity index is 1.96. The molecule has 146 valence electrons. The molecule has 2 unspecified atom stereocenters. The SMILES string of the molecule is CCCCCCCCCC1SC(c2cccnc2)N(C(C)(C)CN)C1=O. The topological polar surface area (TPSA) is 59.2 Å². The van der Waals surface area contributed by atoms with Crippen LogP contribution < -0.4 is 5.73 Å². The van der Waals surface area contributed by atoms with Crippen LogP contribution >= 0.6 is 11.8 Å². The van der Waals surface area contributed by atoms with Gasteiger partial charge in [-0.05, 0) is 26.3 Å². The monoisotopic (exact) mass is 377 g/mol. The lowest BCUT2D eigenvalue weighted by Crippen LogP contribution is -2.51. The van der Waals surface area contributed by atoms with Crippen LogP contribution in [0.3, 0.4) is 0 Å². The summed E-state index contributed by atoms with van der Waals surface area (Å²) in [7, 11) is 0. The first-order valence-electron chi connectivity index (χ1n) is 10.1. The van der Waals surface area contributed by atoms with E-state index in [9.17, 15) is 4.79 Å². The Labute approximate surface area is 163 Å². The zero-order chi connectivity index (χ0) is 19.0. The van der Waals surface area contributed by atoms with Crippen molar-refractivity contribution in [2.75, 3.05) is 6.54 Å². The first-order valence-corrected chi connectivity index (χ1v) is 11.0. The third-order valence-corrected chi connectivity index (χ3v) is 6.74. The van der Waals surface area contributed by atoms with Crippen LogP contribution in [0.4, 0.5) is 0 Å². The van der Waals surface area contributed by atoms with E-state index in [4.69, 9.17) is 5.73 Å². The summed E-state index contributed by atoms with van der Waals surface area (Å²) in [6.45, 7) is 6.83. The molecule has 1 aliphatic heterocycles. The van der Waals surface area contributed by atoms with Crippen LogP contribution in [0.25, 0.3) is 0 Å². The summed E-state index contributed by atoms with van der Waals surface area (Å²) in [5, 5.41) is 0.0611. The van der Waals surface area contributed by atoms with E-state index in [0.29, 0.717) is 6.54 Å². The number of amides is 1. The zero-order valence-electron chi connectivity index (χ0n) is 16.6. The predicted octanol–water partition coefficient (Wildman–Crippen LogP) is 4.90. The quantitative estimate of drug-likeness (QED) is 0.557. The molecular weight excluding hydrogens is 342 g/mol. The highest BCUT2D eigenvalue weighted by Gasteiger charge is 2.46. The van der Waals surface area contributed by atoms with E-state index in [0.717, 1.165) is 18.4 Å². The summed E-state index contributed by atoms with van der Waals surface area (Å²) in [5.74, 6) is 0.241. The smallest absolute Gasteiger partial charge is 0.237 e. The van der Waals surface area contributed by atoms with Crippen molar-refractivity contribution in [2.45, 2.75) is 88.3 Å². The average Bonchev–Trinajstić information content (AvgIpc) is 2.99. The number of thioether (sulfide) groups is 1. The molecule has 1 aromatic heterocycles. The van der Waals surface area contributed by atoms with Crippen molar-refractivity contribution in [3.05, 3.63) is 30.1 Å². The maximum absolute atomic E-state index is 13.1. The number of unbranched alkanes of at least 4 members (excludes halogenated alkanes) is 6. The summed E-state index contributed by atoms with van der Waals surface area (Å²) < 4.78 is 0. The van der Waals surface area contributed by atoms with Crippen molar-refractivity contribution in [3.8, 4) is 0 Å². The van der Waals surface area contributed by atoms with Crippen LogP contribution in [0.2, 0.25) is 0 Å². The minimum Gasteiger partial charge on any atom is -0.328 e. The maximum atomic E-state index is 13.1. The number of nitrogens with zero attached hydrogens (tertiary/aromatic N) is 2. The second-order valence-corrected chi connectivity index (χ2v) is 9.19. The van der Waals surface area contributed by atoms with Crippen LogP contribution in [0.5, 0.6) is 0 Å². The van der Waals surface area contributed by atoms with E-state index in [1.54, 1.807) is 18.0 Å². The van der Waals surface area contributed by atoms with Crippen molar-refractivity contribution >= 4 is 17.7 Å². The van der Waals surface area contributed by atoms with E-state index in [1.807, 2.05) is 17.2 Å². The predicted molar refractivity (Wildman–Crippen MR) is 111 cm³/mol. The average molecular weight is 378 g/mol. The molecule has 1 saturated heterocycles. The Bertz CT molecular complexity index is 549. The number of hydrogen-bond donors (Lipinski definition) is 1. The Morgan fingerprint density at radius 3 is 2.50 bits per heavy atom. The van der Waals surface area contributed by atoms with Crippen molar-refractivity contribution < 1.29 is 4.79 Å². The van der Waals surface area contributed by atoms with Gasteiger partial charge in [-0.2, -0.15) is 0 Å². The van der Waals surface area contributed by atoms with Gasteiger partial charge >= 0.3 is 0 Å². The molecule has 1 aromatic rings. The molecule has 0 saturated carbocycles. The maximum Gasteiger partial charge on any atom is 0.237 e. The minimum atomic E-state index is -0.348. The van der Waals surface area contributed by atoms with Gasteiger partial charge in [-0.15, -0.1) is 11.8 Å². The standard InChI is InChI=1S/C21H35N3OS/c1-4-5-6-7-8-9-10-13-18-19(25)24(21(2,3)16-22)20(26-18)17-12-11-14-23-15-17/h11-12,14-15,18,20H,4-10,13,16,22H2,1-3H3. The fraction of sp³-hybridized carbons (Fsp3) is 0.714. The molecule has 1 amide bonds. The van der Waals surface area contributed by atoms with Crippen LogP contribution in [0.15, 0.2) is 24.5 Å². The Hall–Kier alpha value is -1.07. The number of carbonyl (C=O) groups is 1. The molecule has 4 nitrogen and oxygen atoms in total. The molecule has 0 aromatic carbocycles. The lowest BCUT2D eigenvalue weighted by atomic mass is 10.0. The van der Waals surface area contributed by atoms with E-state index in [1.165, 1.54) is 38.5 Å². The molecule has 1 aliphatic rings. The van der Waals surface area contributed by atoms with E-state index >= 15 is 0 Å². The third-order valence-electron chi connectivity index (χ3n) is 5.23. The fourth-order valence-corrected chi connectivity index (χ4v) is 5.14. The molecular formula is C21H35N3OS. The van der Waals surface area contributed by atoms with Crippen molar-refractivity contribution in [1.82, 2.24) is 9.88 Å². The van der Waals surface area contributed by atoms with Gasteiger partial charge in [0.1, 0.15) is 5.37 Å². The lowest BCUT2D eigenvalue weighted by Gasteiger charge is -2.38. The van der Waals surface area contributed by atoms with Gasteiger partial charge in [-0.1, -0.05) is 57.9 Å². The van der Waals surface area contributed by atoms with Gasteiger partial charge < -0.3 is 10.6 Å².